The quantitative estimate of drug-likeness (QED) is 0.843. The summed E-state index contributed by atoms with van der Waals surface area (Å²) in [7, 11) is 0. The second-order valence-corrected chi connectivity index (χ2v) is 3.40. The highest BCUT2D eigenvalue weighted by atomic mass is 19.4. The Kier molecular flexibility index (Phi) is 3.84. The average Bonchev–Trinajstić information content (AvgIpc) is 2.13. The first-order valence-corrected chi connectivity index (χ1v) is 4.46. The molecule has 0 spiro atoms. The summed E-state index contributed by atoms with van der Waals surface area (Å²) in [5, 5.41) is 9.12. The van der Waals surface area contributed by atoms with Gasteiger partial charge in [0, 0.05) is 11.8 Å². The Labute approximate surface area is 96.1 Å². The van der Waals surface area contributed by atoms with E-state index in [1.54, 1.807) is 0 Å². The van der Waals surface area contributed by atoms with Gasteiger partial charge in [-0.2, -0.15) is 26.3 Å². The van der Waals surface area contributed by atoms with Crippen LogP contribution in [0.25, 0.3) is 0 Å². The number of alkyl halides is 6. The van der Waals surface area contributed by atoms with Crippen molar-refractivity contribution in [3.05, 3.63) is 29.8 Å². The Morgan fingerprint density at radius 1 is 1.06 bits per heavy atom. The molecule has 0 aliphatic carbocycles. The third kappa shape index (κ3) is 3.09. The van der Waals surface area contributed by atoms with Crippen molar-refractivity contribution in [2.75, 3.05) is 0 Å². The standard InChI is InChI=1S/C9H6F7NO/c10-5-3-17-2-1-4(5)6(18)7(8(11,12)13)9(14,15)16/h1-3,6-7,18H. The highest BCUT2D eigenvalue weighted by Crippen LogP contribution is 2.46. The maximum Gasteiger partial charge on any atom is 0.403 e. The van der Waals surface area contributed by atoms with Crippen LogP contribution in [0.15, 0.2) is 18.5 Å². The van der Waals surface area contributed by atoms with E-state index in [1.165, 1.54) is 0 Å². The van der Waals surface area contributed by atoms with Gasteiger partial charge in [-0.25, -0.2) is 4.39 Å². The number of aliphatic hydroxyl groups excluding tert-OH is 1. The summed E-state index contributed by atoms with van der Waals surface area (Å²) in [6.45, 7) is 0. The average molecular weight is 277 g/mol. The molecule has 9 heteroatoms. The number of hydrogen-bond donors (Lipinski definition) is 1. The number of aliphatic hydroxyl groups is 1. The van der Waals surface area contributed by atoms with Crippen LogP contribution in [0, 0.1) is 11.7 Å². The van der Waals surface area contributed by atoms with Gasteiger partial charge in [0.15, 0.2) is 5.92 Å². The highest BCUT2D eigenvalue weighted by molar-refractivity contribution is 5.17. The Morgan fingerprint density at radius 2 is 1.56 bits per heavy atom. The van der Waals surface area contributed by atoms with Crippen LogP contribution in [0.3, 0.4) is 0 Å². The van der Waals surface area contributed by atoms with Crippen molar-refractivity contribution in [1.29, 1.82) is 0 Å². The van der Waals surface area contributed by atoms with E-state index in [-0.39, 0.29) is 0 Å². The topological polar surface area (TPSA) is 33.1 Å². The fourth-order valence-corrected chi connectivity index (χ4v) is 1.35. The van der Waals surface area contributed by atoms with Crippen molar-refractivity contribution in [3.8, 4) is 0 Å². The molecule has 2 nitrogen and oxygen atoms in total. The summed E-state index contributed by atoms with van der Waals surface area (Å²) in [5.74, 6) is -5.50. The van der Waals surface area contributed by atoms with Crippen LogP contribution in [0.5, 0.6) is 0 Å². The Bertz CT molecular complexity index is 400. The molecule has 1 atom stereocenters. The van der Waals surface area contributed by atoms with Crippen molar-refractivity contribution in [2.45, 2.75) is 18.5 Å². The van der Waals surface area contributed by atoms with Gasteiger partial charge < -0.3 is 5.11 Å². The normalized spacial score (nSPS) is 14.9. The van der Waals surface area contributed by atoms with Crippen molar-refractivity contribution in [2.24, 2.45) is 5.92 Å². The smallest absolute Gasteiger partial charge is 0.387 e. The minimum absolute atomic E-state index is 0.419. The summed E-state index contributed by atoms with van der Waals surface area (Å²) >= 11 is 0. The first-order valence-electron chi connectivity index (χ1n) is 4.46. The van der Waals surface area contributed by atoms with E-state index in [0.717, 1.165) is 6.20 Å². The summed E-state index contributed by atoms with van der Waals surface area (Å²) in [5.41, 5.74) is -1.11. The second-order valence-electron chi connectivity index (χ2n) is 3.40. The van der Waals surface area contributed by atoms with Gasteiger partial charge in [0.05, 0.1) is 6.20 Å². The summed E-state index contributed by atoms with van der Waals surface area (Å²) in [6, 6.07) is 0.560. The minimum Gasteiger partial charge on any atom is -0.387 e. The molecule has 0 saturated carbocycles. The van der Waals surface area contributed by atoms with Crippen LogP contribution in [0.4, 0.5) is 30.7 Å². The van der Waals surface area contributed by atoms with Gasteiger partial charge in [-0.1, -0.05) is 0 Å². The molecule has 1 aromatic heterocycles. The number of nitrogens with zero attached hydrogens (tertiary/aromatic N) is 1. The number of rotatable bonds is 2. The van der Waals surface area contributed by atoms with Gasteiger partial charge in [0.2, 0.25) is 0 Å². The van der Waals surface area contributed by atoms with Crippen LogP contribution < -0.4 is 0 Å². The van der Waals surface area contributed by atoms with Gasteiger partial charge in [-0.05, 0) is 6.07 Å². The molecule has 1 heterocycles. The number of hydrogen-bond acceptors (Lipinski definition) is 2. The van der Waals surface area contributed by atoms with E-state index in [0.29, 0.717) is 12.3 Å². The molecular formula is C9H6F7NO. The van der Waals surface area contributed by atoms with E-state index in [9.17, 15) is 30.7 Å². The van der Waals surface area contributed by atoms with Crippen molar-refractivity contribution in [3.63, 3.8) is 0 Å². The molecule has 0 radical (unpaired) electrons. The first-order chi connectivity index (χ1) is 8.05. The molecule has 0 saturated heterocycles. The predicted octanol–water partition coefficient (Wildman–Crippen LogP) is 2.99. The predicted molar refractivity (Wildman–Crippen MR) is 44.8 cm³/mol. The Balaban J connectivity index is 3.20. The lowest BCUT2D eigenvalue weighted by molar-refractivity contribution is -0.307. The molecule has 18 heavy (non-hydrogen) atoms. The Hall–Kier alpha value is -1.38. The SMILES string of the molecule is OC(c1ccncc1F)C(C(F)(F)F)C(F)(F)F. The molecule has 0 aliphatic rings. The minimum atomic E-state index is -5.74. The van der Waals surface area contributed by atoms with Crippen LogP contribution in [-0.2, 0) is 0 Å². The second kappa shape index (κ2) is 4.71. The fourth-order valence-electron chi connectivity index (χ4n) is 1.35. The molecule has 0 aromatic carbocycles. The zero-order valence-electron chi connectivity index (χ0n) is 8.43. The van der Waals surface area contributed by atoms with Crippen molar-refractivity contribution in [1.82, 2.24) is 4.98 Å². The molecule has 0 aliphatic heterocycles. The molecular weight excluding hydrogens is 271 g/mol. The molecule has 1 N–H and O–H groups in total. The summed E-state index contributed by atoms with van der Waals surface area (Å²) in [4.78, 5) is 3.16. The van der Waals surface area contributed by atoms with Gasteiger partial charge in [-0.15, -0.1) is 0 Å². The van der Waals surface area contributed by atoms with Gasteiger partial charge in [0.1, 0.15) is 11.9 Å². The maximum atomic E-state index is 13.0. The third-order valence-electron chi connectivity index (χ3n) is 2.14. The number of halogens is 7. The molecule has 0 amide bonds. The molecule has 1 aromatic rings. The lowest BCUT2D eigenvalue weighted by atomic mass is 9.95. The summed E-state index contributed by atoms with van der Waals surface area (Å²) in [6.07, 6.45) is -13.4. The van der Waals surface area contributed by atoms with E-state index >= 15 is 0 Å². The monoisotopic (exact) mass is 277 g/mol. The number of aromatic nitrogens is 1. The Morgan fingerprint density at radius 3 is 1.94 bits per heavy atom. The van der Waals surface area contributed by atoms with Gasteiger partial charge in [-0.3, -0.25) is 4.98 Å². The van der Waals surface area contributed by atoms with E-state index in [1.807, 2.05) is 0 Å². The zero-order valence-corrected chi connectivity index (χ0v) is 8.43. The van der Waals surface area contributed by atoms with Crippen molar-refractivity contribution < 1.29 is 35.8 Å². The lowest BCUT2D eigenvalue weighted by Crippen LogP contribution is -2.41. The van der Waals surface area contributed by atoms with Crippen molar-refractivity contribution >= 4 is 0 Å². The molecule has 0 bridgehead atoms. The first kappa shape index (κ1) is 14.7. The third-order valence-corrected chi connectivity index (χ3v) is 2.14. The van der Waals surface area contributed by atoms with Gasteiger partial charge in [0.25, 0.3) is 0 Å². The van der Waals surface area contributed by atoms with Crippen LogP contribution in [-0.4, -0.2) is 22.4 Å². The summed E-state index contributed by atoms with van der Waals surface area (Å²) < 4.78 is 86.6. The van der Waals surface area contributed by atoms with Gasteiger partial charge >= 0.3 is 12.4 Å². The van der Waals surface area contributed by atoms with E-state index in [2.05, 4.69) is 4.98 Å². The molecule has 102 valence electrons. The highest BCUT2D eigenvalue weighted by Gasteiger charge is 2.60. The van der Waals surface area contributed by atoms with Crippen LogP contribution >= 0.6 is 0 Å². The van der Waals surface area contributed by atoms with Crippen LogP contribution in [0.2, 0.25) is 0 Å². The maximum absolute atomic E-state index is 13.0. The zero-order chi connectivity index (χ0) is 14.1. The largest absolute Gasteiger partial charge is 0.403 e. The molecule has 0 fully saturated rings. The van der Waals surface area contributed by atoms with E-state index in [4.69, 9.17) is 5.11 Å². The van der Waals surface area contributed by atoms with E-state index < -0.39 is 35.8 Å². The fraction of sp³-hybridized carbons (Fsp3) is 0.444. The molecule has 1 unspecified atom stereocenters. The lowest BCUT2D eigenvalue weighted by Gasteiger charge is -2.27. The molecule has 1 rings (SSSR count). The number of pyridine rings is 1. The van der Waals surface area contributed by atoms with Crippen LogP contribution in [0.1, 0.15) is 11.7 Å².